The van der Waals surface area contributed by atoms with Crippen LogP contribution in [0.2, 0.25) is 0 Å². The number of carbonyl (C=O) groups excluding carboxylic acids is 1. The van der Waals surface area contributed by atoms with E-state index in [-0.39, 0.29) is 5.78 Å². The average Bonchev–Trinajstić information content (AvgIpc) is 2.53. The zero-order chi connectivity index (χ0) is 15.8. The van der Waals surface area contributed by atoms with Crippen molar-refractivity contribution >= 4 is 16.6 Å². The SMILES string of the molecule is CCCCCCCCOc1cccc2ccc(C(C)=O)cc12. The Morgan fingerprint density at radius 1 is 1.00 bits per heavy atom. The summed E-state index contributed by atoms with van der Waals surface area (Å²) < 4.78 is 5.95. The average molecular weight is 298 g/mol. The van der Waals surface area contributed by atoms with Gasteiger partial charge in [0.05, 0.1) is 6.61 Å². The molecule has 0 unspecified atom stereocenters. The number of hydrogen-bond acceptors (Lipinski definition) is 2. The van der Waals surface area contributed by atoms with Crippen molar-refractivity contribution in [2.75, 3.05) is 6.61 Å². The molecule has 118 valence electrons. The molecule has 0 aliphatic carbocycles. The van der Waals surface area contributed by atoms with Gasteiger partial charge in [0, 0.05) is 10.9 Å². The van der Waals surface area contributed by atoms with Crippen molar-refractivity contribution in [1.82, 2.24) is 0 Å². The van der Waals surface area contributed by atoms with Crippen LogP contribution in [-0.4, -0.2) is 12.4 Å². The highest BCUT2D eigenvalue weighted by Gasteiger charge is 2.05. The molecule has 2 aromatic rings. The van der Waals surface area contributed by atoms with Gasteiger partial charge in [-0.2, -0.15) is 0 Å². The van der Waals surface area contributed by atoms with Crippen molar-refractivity contribution in [3.63, 3.8) is 0 Å². The first-order valence-electron chi connectivity index (χ1n) is 8.39. The van der Waals surface area contributed by atoms with Gasteiger partial charge in [0.25, 0.3) is 0 Å². The third-order valence-electron chi connectivity index (χ3n) is 4.00. The van der Waals surface area contributed by atoms with Gasteiger partial charge in [-0.05, 0) is 30.9 Å². The Balaban J connectivity index is 1.95. The van der Waals surface area contributed by atoms with Crippen molar-refractivity contribution in [3.8, 4) is 5.75 Å². The number of hydrogen-bond donors (Lipinski definition) is 0. The molecular weight excluding hydrogens is 272 g/mol. The first-order chi connectivity index (χ1) is 10.7. The first-order valence-corrected chi connectivity index (χ1v) is 8.39. The van der Waals surface area contributed by atoms with Gasteiger partial charge in [0.15, 0.2) is 5.78 Å². The molecule has 0 fully saturated rings. The third-order valence-corrected chi connectivity index (χ3v) is 4.00. The van der Waals surface area contributed by atoms with E-state index >= 15 is 0 Å². The lowest BCUT2D eigenvalue weighted by atomic mass is 10.0. The molecule has 2 rings (SSSR count). The number of Topliss-reactive ketones (excluding diaryl/α,β-unsaturated/α-hetero) is 1. The van der Waals surface area contributed by atoms with Gasteiger partial charge in [-0.25, -0.2) is 0 Å². The minimum Gasteiger partial charge on any atom is -0.493 e. The van der Waals surface area contributed by atoms with E-state index < -0.39 is 0 Å². The fraction of sp³-hybridized carbons (Fsp3) is 0.450. The number of unbranched alkanes of at least 4 members (excludes halogenated alkanes) is 5. The molecule has 0 aliphatic rings. The highest BCUT2D eigenvalue weighted by Crippen LogP contribution is 2.27. The Bertz CT molecular complexity index is 616. The van der Waals surface area contributed by atoms with Gasteiger partial charge < -0.3 is 4.74 Å². The van der Waals surface area contributed by atoms with Crippen LogP contribution in [0, 0.1) is 0 Å². The normalized spacial score (nSPS) is 10.8. The van der Waals surface area contributed by atoms with Crippen molar-refractivity contribution in [1.29, 1.82) is 0 Å². The van der Waals surface area contributed by atoms with E-state index in [2.05, 4.69) is 13.0 Å². The number of ether oxygens (including phenoxy) is 1. The fourth-order valence-corrected chi connectivity index (χ4v) is 2.65. The molecule has 2 aromatic carbocycles. The van der Waals surface area contributed by atoms with Crippen LogP contribution in [0.1, 0.15) is 62.7 Å². The lowest BCUT2D eigenvalue weighted by molar-refractivity contribution is 0.101. The van der Waals surface area contributed by atoms with Crippen molar-refractivity contribution in [3.05, 3.63) is 42.0 Å². The summed E-state index contributed by atoms with van der Waals surface area (Å²) >= 11 is 0. The van der Waals surface area contributed by atoms with Gasteiger partial charge in [-0.15, -0.1) is 0 Å². The zero-order valence-corrected chi connectivity index (χ0v) is 13.7. The third kappa shape index (κ3) is 4.59. The Morgan fingerprint density at radius 2 is 1.77 bits per heavy atom. The summed E-state index contributed by atoms with van der Waals surface area (Å²) in [6.45, 7) is 4.58. The molecule has 0 bridgehead atoms. The van der Waals surface area contributed by atoms with E-state index in [9.17, 15) is 4.79 Å². The second-order valence-electron chi connectivity index (χ2n) is 5.86. The predicted octanol–water partition coefficient (Wildman–Crippen LogP) is 5.78. The van der Waals surface area contributed by atoms with Crippen LogP contribution in [0.5, 0.6) is 5.75 Å². The molecular formula is C20H26O2. The summed E-state index contributed by atoms with van der Waals surface area (Å²) in [4.78, 5) is 11.5. The van der Waals surface area contributed by atoms with Crippen LogP contribution in [0.25, 0.3) is 10.8 Å². The van der Waals surface area contributed by atoms with Gasteiger partial charge in [-0.3, -0.25) is 4.79 Å². The van der Waals surface area contributed by atoms with Gasteiger partial charge in [0.1, 0.15) is 5.75 Å². The Kier molecular flexibility index (Phi) is 6.45. The molecule has 22 heavy (non-hydrogen) atoms. The Morgan fingerprint density at radius 3 is 2.55 bits per heavy atom. The van der Waals surface area contributed by atoms with E-state index in [1.165, 1.54) is 32.1 Å². The first kappa shape index (κ1) is 16.5. The maximum Gasteiger partial charge on any atom is 0.159 e. The van der Waals surface area contributed by atoms with Gasteiger partial charge in [0.2, 0.25) is 0 Å². The molecule has 0 spiro atoms. The Labute approximate surface area is 133 Å². The number of carbonyl (C=O) groups is 1. The monoisotopic (exact) mass is 298 g/mol. The maximum atomic E-state index is 11.5. The molecule has 0 amide bonds. The Hall–Kier alpha value is -1.83. The van der Waals surface area contributed by atoms with Crippen LogP contribution in [0.15, 0.2) is 36.4 Å². The molecule has 0 radical (unpaired) electrons. The van der Waals surface area contributed by atoms with Crippen LogP contribution in [0.3, 0.4) is 0 Å². The van der Waals surface area contributed by atoms with Crippen molar-refractivity contribution < 1.29 is 9.53 Å². The van der Waals surface area contributed by atoms with Crippen LogP contribution < -0.4 is 4.74 Å². The highest BCUT2D eigenvalue weighted by atomic mass is 16.5. The summed E-state index contributed by atoms with van der Waals surface area (Å²) in [5.74, 6) is 0.974. The van der Waals surface area contributed by atoms with E-state index in [0.29, 0.717) is 0 Å². The van der Waals surface area contributed by atoms with E-state index in [0.717, 1.165) is 35.1 Å². The summed E-state index contributed by atoms with van der Waals surface area (Å²) in [5.41, 5.74) is 0.739. The number of ketones is 1. The van der Waals surface area contributed by atoms with E-state index in [4.69, 9.17) is 4.74 Å². The molecule has 0 atom stereocenters. The highest BCUT2D eigenvalue weighted by molar-refractivity contribution is 6.00. The van der Waals surface area contributed by atoms with Crippen LogP contribution in [-0.2, 0) is 0 Å². The second kappa shape index (κ2) is 8.57. The molecule has 0 saturated heterocycles. The molecule has 0 heterocycles. The predicted molar refractivity (Wildman–Crippen MR) is 92.8 cm³/mol. The van der Waals surface area contributed by atoms with Crippen LogP contribution >= 0.6 is 0 Å². The largest absolute Gasteiger partial charge is 0.493 e. The number of rotatable bonds is 9. The summed E-state index contributed by atoms with van der Waals surface area (Å²) in [6, 6.07) is 11.9. The lowest BCUT2D eigenvalue weighted by Gasteiger charge is -2.10. The minimum absolute atomic E-state index is 0.0904. The number of fused-ring (bicyclic) bond motifs is 1. The second-order valence-corrected chi connectivity index (χ2v) is 5.86. The molecule has 0 saturated carbocycles. The van der Waals surface area contributed by atoms with Crippen LogP contribution in [0.4, 0.5) is 0 Å². The number of benzene rings is 2. The van der Waals surface area contributed by atoms with Crippen molar-refractivity contribution in [2.24, 2.45) is 0 Å². The molecule has 0 aliphatic heterocycles. The maximum absolute atomic E-state index is 11.5. The molecule has 2 heteroatoms. The summed E-state index contributed by atoms with van der Waals surface area (Å²) in [7, 11) is 0. The topological polar surface area (TPSA) is 26.3 Å². The van der Waals surface area contributed by atoms with E-state index in [1.54, 1.807) is 6.92 Å². The molecule has 0 N–H and O–H groups in total. The summed E-state index contributed by atoms with van der Waals surface area (Å²) in [6.07, 6.45) is 7.55. The van der Waals surface area contributed by atoms with Crippen molar-refractivity contribution in [2.45, 2.75) is 52.4 Å². The smallest absolute Gasteiger partial charge is 0.159 e. The fourth-order valence-electron chi connectivity index (χ4n) is 2.65. The lowest BCUT2D eigenvalue weighted by Crippen LogP contribution is -1.99. The van der Waals surface area contributed by atoms with Gasteiger partial charge in [-0.1, -0.05) is 63.3 Å². The molecule has 0 aromatic heterocycles. The van der Waals surface area contributed by atoms with E-state index in [1.807, 2.05) is 30.3 Å². The quantitative estimate of drug-likeness (QED) is 0.433. The van der Waals surface area contributed by atoms with Gasteiger partial charge >= 0.3 is 0 Å². The zero-order valence-electron chi connectivity index (χ0n) is 13.7. The summed E-state index contributed by atoms with van der Waals surface area (Å²) in [5, 5.41) is 2.15. The standard InChI is InChI=1S/C20H26O2/c1-3-4-5-6-7-8-14-22-20-11-9-10-17-12-13-18(16(2)21)15-19(17)20/h9-13,15H,3-8,14H2,1-2H3. The minimum atomic E-state index is 0.0904. The molecule has 2 nitrogen and oxygen atoms in total.